The second-order valence-electron chi connectivity index (χ2n) is 7.31. The molecule has 1 amide bonds. The Morgan fingerprint density at radius 3 is 2.75 bits per heavy atom. The van der Waals surface area contributed by atoms with Gasteiger partial charge in [-0.1, -0.05) is 30.3 Å². The molecule has 0 saturated carbocycles. The van der Waals surface area contributed by atoms with Crippen molar-refractivity contribution in [3.8, 4) is 0 Å². The number of aromatic nitrogens is 2. The van der Waals surface area contributed by atoms with Gasteiger partial charge in [0.1, 0.15) is 0 Å². The Kier molecular flexibility index (Phi) is 5.21. The number of benzene rings is 1. The van der Waals surface area contributed by atoms with Crippen LogP contribution in [0.15, 0.2) is 65.6 Å². The lowest BCUT2D eigenvalue weighted by Crippen LogP contribution is -2.31. The third-order valence-corrected chi connectivity index (χ3v) is 5.35. The summed E-state index contributed by atoms with van der Waals surface area (Å²) in [6, 6.07) is 16.9. The highest BCUT2D eigenvalue weighted by molar-refractivity contribution is 5.78. The Balaban J connectivity index is 1.37. The molecule has 1 aliphatic heterocycles. The molecule has 28 heavy (non-hydrogen) atoms. The van der Waals surface area contributed by atoms with Crippen LogP contribution in [0, 0.1) is 5.92 Å². The van der Waals surface area contributed by atoms with E-state index in [4.69, 9.17) is 0 Å². The van der Waals surface area contributed by atoms with Gasteiger partial charge in [-0.05, 0) is 24.6 Å². The normalized spacial score (nSPS) is 19.2. The molecule has 0 radical (unpaired) electrons. The second-order valence-corrected chi connectivity index (χ2v) is 7.31. The van der Waals surface area contributed by atoms with Crippen molar-refractivity contribution in [3.05, 3.63) is 76.8 Å². The lowest BCUT2D eigenvalue weighted by molar-refractivity contribution is -0.130. The van der Waals surface area contributed by atoms with Gasteiger partial charge < -0.3 is 14.6 Å². The first kappa shape index (κ1) is 18.4. The first-order valence-corrected chi connectivity index (χ1v) is 9.56. The average molecular weight is 377 g/mol. The zero-order valence-corrected chi connectivity index (χ0v) is 15.6. The van der Waals surface area contributed by atoms with Crippen LogP contribution in [0.4, 0.5) is 0 Å². The van der Waals surface area contributed by atoms with Gasteiger partial charge in [-0.25, -0.2) is 0 Å². The molecular formula is C22H23N3O3. The topological polar surface area (TPSA) is 75.4 Å². The average Bonchev–Trinajstić information content (AvgIpc) is 3.07. The van der Waals surface area contributed by atoms with E-state index in [-0.39, 0.29) is 23.8 Å². The SMILES string of the molecule is O=C(CCn1ccccc1=O)N1C[C@@H](Cc2ccc3ccccc3n2)[C@H](O)C1. The molecule has 0 aliphatic carbocycles. The summed E-state index contributed by atoms with van der Waals surface area (Å²) in [4.78, 5) is 30.7. The summed E-state index contributed by atoms with van der Waals surface area (Å²) >= 11 is 0. The number of para-hydroxylation sites is 1. The molecule has 1 aliphatic rings. The van der Waals surface area contributed by atoms with E-state index in [1.165, 1.54) is 10.6 Å². The van der Waals surface area contributed by atoms with Crippen LogP contribution >= 0.6 is 0 Å². The Labute approximate surface area is 163 Å². The maximum atomic E-state index is 12.5. The molecule has 3 heterocycles. The summed E-state index contributed by atoms with van der Waals surface area (Å²) in [5.74, 6) is -0.0687. The number of aliphatic hydroxyl groups excluding tert-OH is 1. The Morgan fingerprint density at radius 1 is 1.07 bits per heavy atom. The zero-order chi connectivity index (χ0) is 19.5. The van der Waals surface area contributed by atoms with E-state index < -0.39 is 6.10 Å². The number of amides is 1. The molecule has 3 aromatic rings. The summed E-state index contributed by atoms with van der Waals surface area (Å²) in [6.45, 7) is 1.20. The number of pyridine rings is 2. The fourth-order valence-electron chi connectivity index (χ4n) is 3.77. The van der Waals surface area contributed by atoms with Crippen LogP contribution in [-0.2, 0) is 17.8 Å². The summed E-state index contributed by atoms with van der Waals surface area (Å²) in [5.41, 5.74) is 1.75. The van der Waals surface area contributed by atoms with Crippen LogP contribution in [0.25, 0.3) is 10.9 Å². The van der Waals surface area contributed by atoms with Gasteiger partial charge in [0.05, 0.1) is 11.6 Å². The molecule has 144 valence electrons. The van der Waals surface area contributed by atoms with Crippen LogP contribution in [0.1, 0.15) is 12.1 Å². The third-order valence-electron chi connectivity index (χ3n) is 5.35. The maximum Gasteiger partial charge on any atom is 0.250 e. The third kappa shape index (κ3) is 3.97. The Morgan fingerprint density at radius 2 is 1.89 bits per heavy atom. The highest BCUT2D eigenvalue weighted by Crippen LogP contribution is 2.23. The minimum absolute atomic E-state index is 0.0305. The molecule has 1 N–H and O–H groups in total. The predicted molar refractivity (Wildman–Crippen MR) is 107 cm³/mol. The molecule has 0 unspecified atom stereocenters. The van der Waals surface area contributed by atoms with Gasteiger partial charge in [-0.15, -0.1) is 0 Å². The van der Waals surface area contributed by atoms with Crippen LogP contribution in [0.5, 0.6) is 0 Å². The largest absolute Gasteiger partial charge is 0.391 e. The smallest absolute Gasteiger partial charge is 0.250 e. The van der Waals surface area contributed by atoms with Crippen molar-refractivity contribution in [2.24, 2.45) is 5.92 Å². The van der Waals surface area contributed by atoms with Gasteiger partial charge in [0.2, 0.25) is 5.91 Å². The molecule has 1 aromatic carbocycles. The number of likely N-dealkylation sites (tertiary alicyclic amines) is 1. The van der Waals surface area contributed by atoms with Crippen molar-refractivity contribution < 1.29 is 9.90 Å². The molecule has 0 spiro atoms. The number of carbonyl (C=O) groups excluding carboxylic acids is 1. The fourth-order valence-corrected chi connectivity index (χ4v) is 3.77. The first-order chi connectivity index (χ1) is 13.6. The number of carbonyl (C=O) groups is 1. The van der Waals surface area contributed by atoms with E-state index in [1.54, 1.807) is 23.2 Å². The van der Waals surface area contributed by atoms with Crippen LogP contribution < -0.4 is 5.56 Å². The van der Waals surface area contributed by atoms with E-state index in [2.05, 4.69) is 4.98 Å². The number of rotatable bonds is 5. The summed E-state index contributed by atoms with van der Waals surface area (Å²) in [6.07, 6.45) is 2.00. The number of β-amino-alcohol motifs (C(OH)–C–C–N with tert-alkyl or cyclic N) is 1. The van der Waals surface area contributed by atoms with E-state index in [0.29, 0.717) is 26.1 Å². The Bertz CT molecular complexity index is 1050. The van der Waals surface area contributed by atoms with Gasteiger partial charge in [-0.2, -0.15) is 0 Å². The van der Waals surface area contributed by atoms with Crippen molar-refractivity contribution in [1.29, 1.82) is 0 Å². The lowest BCUT2D eigenvalue weighted by Gasteiger charge is -2.16. The van der Waals surface area contributed by atoms with Gasteiger partial charge in [-0.3, -0.25) is 14.6 Å². The van der Waals surface area contributed by atoms with E-state index >= 15 is 0 Å². The van der Waals surface area contributed by atoms with Crippen molar-refractivity contribution >= 4 is 16.8 Å². The number of nitrogens with zero attached hydrogens (tertiary/aromatic N) is 3. The summed E-state index contributed by atoms with van der Waals surface area (Å²) < 4.78 is 1.53. The second kappa shape index (κ2) is 7.94. The van der Waals surface area contributed by atoms with Gasteiger partial charge >= 0.3 is 0 Å². The van der Waals surface area contributed by atoms with Gasteiger partial charge in [0, 0.05) is 55.3 Å². The van der Waals surface area contributed by atoms with Crippen LogP contribution in [0.3, 0.4) is 0 Å². The number of aliphatic hydroxyl groups is 1. The van der Waals surface area contributed by atoms with Crippen LogP contribution in [0.2, 0.25) is 0 Å². The highest BCUT2D eigenvalue weighted by Gasteiger charge is 2.34. The monoisotopic (exact) mass is 377 g/mol. The molecule has 1 fully saturated rings. The van der Waals surface area contributed by atoms with E-state index in [1.807, 2.05) is 36.4 Å². The molecule has 4 rings (SSSR count). The number of aryl methyl sites for hydroxylation is 1. The molecule has 2 aromatic heterocycles. The molecular weight excluding hydrogens is 354 g/mol. The quantitative estimate of drug-likeness (QED) is 0.736. The maximum absolute atomic E-state index is 12.5. The molecule has 2 atom stereocenters. The number of fused-ring (bicyclic) bond motifs is 1. The number of hydrogen-bond donors (Lipinski definition) is 1. The van der Waals surface area contributed by atoms with Crippen molar-refractivity contribution in [1.82, 2.24) is 14.5 Å². The number of hydrogen-bond acceptors (Lipinski definition) is 4. The van der Waals surface area contributed by atoms with Gasteiger partial charge in [0.15, 0.2) is 0 Å². The minimum Gasteiger partial charge on any atom is -0.391 e. The van der Waals surface area contributed by atoms with Crippen molar-refractivity contribution in [2.75, 3.05) is 13.1 Å². The Hall–Kier alpha value is -2.99. The van der Waals surface area contributed by atoms with Gasteiger partial charge in [0.25, 0.3) is 5.56 Å². The molecule has 6 heteroatoms. The molecule has 1 saturated heterocycles. The predicted octanol–water partition coefficient (Wildman–Crippen LogP) is 1.85. The minimum atomic E-state index is -0.559. The highest BCUT2D eigenvalue weighted by atomic mass is 16.3. The van der Waals surface area contributed by atoms with Crippen LogP contribution in [-0.4, -0.2) is 44.7 Å². The fraction of sp³-hybridized carbons (Fsp3) is 0.318. The molecule has 0 bridgehead atoms. The lowest BCUT2D eigenvalue weighted by atomic mass is 9.99. The molecule has 6 nitrogen and oxygen atoms in total. The summed E-state index contributed by atoms with van der Waals surface area (Å²) in [7, 11) is 0. The standard InChI is InChI=1S/C22H23N3O3/c26-20-15-25(22(28)10-12-24-11-4-3-7-21(24)27)14-17(20)13-18-9-8-16-5-1-2-6-19(16)23-18/h1-9,11,17,20,26H,10,12-15H2/t17-,20-/m1/s1. The van der Waals surface area contributed by atoms with E-state index in [0.717, 1.165) is 16.6 Å². The summed E-state index contributed by atoms with van der Waals surface area (Å²) in [5, 5.41) is 11.5. The van der Waals surface area contributed by atoms with Crippen molar-refractivity contribution in [2.45, 2.75) is 25.5 Å². The van der Waals surface area contributed by atoms with Crippen molar-refractivity contribution in [3.63, 3.8) is 0 Å². The van der Waals surface area contributed by atoms with E-state index in [9.17, 15) is 14.7 Å². The zero-order valence-electron chi connectivity index (χ0n) is 15.6. The first-order valence-electron chi connectivity index (χ1n) is 9.56.